The van der Waals surface area contributed by atoms with Gasteiger partial charge in [-0.2, -0.15) is 0 Å². The molecule has 0 spiro atoms. The molecule has 0 N–H and O–H groups in total. The molecular weight excluding hydrogens is 254 g/mol. The van der Waals surface area contributed by atoms with Crippen molar-refractivity contribution in [3.05, 3.63) is 53.3 Å². The van der Waals surface area contributed by atoms with Gasteiger partial charge in [-0.25, -0.2) is 0 Å². The van der Waals surface area contributed by atoms with E-state index in [1.54, 1.807) is 24.4 Å². The molecule has 4 heteroatoms. The van der Waals surface area contributed by atoms with E-state index in [0.717, 1.165) is 11.3 Å². The number of carbonyl (C=O) groups is 1. The van der Waals surface area contributed by atoms with E-state index < -0.39 is 0 Å². The monoisotopic (exact) mass is 271 g/mol. The predicted molar refractivity (Wildman–Crippen MR) is 76.6 cm³/mol. The molecule has 2 aromatic rings. The van der Waals surface area contributed by atoms with Crippen LogP contribution in [-0.2, 0) is 6.42 Å². The predicted octanol–water partition coefficient (Wildman–Crippen LogP) is 2.83. The number of methoxy groups -OCH3 is 2. The summed E-state index contributed by atoms with van der Waals surface area (Å²) >= 11 is 0. The number of rotatable bonds is 5. The van der Waals surface area contributed by atoms with E-state index in [1.807, 2.05) is 19.1 Å². The van der Waals surface area contributed by atoms with Crippen molar-refractivity contribution in [2.45, 2.75) is 13.3 Å². The molecule has 2 rings (SSSR count). The lowest BCUT2D eigenvalue weighted by Crippen LogP contribution is -2.09. The highest BCUT2D eigenvalue weighted by molar-refractivity contribution is 6.02. The molecule has 0 aliphatic rings. The SMILES string of the molecule is COc1cccc(OC)c1C(=O)Cc1ccc(C)cn1. The van der Waals surface area contributed by atoms with E-state index in [0.29, 0.717) is 17.1 Å². The number of carbonyl (C=O) groups excluding carboxylic acids is 1. The minimum absolute atomic E-state index is 0.0735. The summed E-state index contributed by atoms with van der Waals surface area (Å²) in [5.41, 5.74) is 2.25. The van der Waals surface area contributed by atoms with Gasteiger partial charge in [-0.3, -0.25) is 9.78 Å². The van der Waals surface area contributed by atoms with Gasteiger partial charge in [0.05, 0.1) is 20.6 Å². The quantitative estimate of drug-likeness (QED) is 0.785. The van der Waals surface area contributed by atoms with Crippen molar-refractivity contribution in [3.63, 3.8) is 0 Å². The number of Topliss-reactive ketones (excluding diaryl/α,β-unsaturated/α-hetero) is 1. The number of benzene rings is 1. The first-order valence-corrected chi connectivity index (χ1v) is 6.31. The molecule has 0 atom stereocenters. The topological polar surface area (TPSA) is 48.4 Å². The van der Waals surface area contributed by atoms with Crippen molar-refractivity contribution in [1.82, 2.24) is 4.98 Å². The fourth-order valence-electron chi connectivity index (χ4n) is 1.98. The Bertz CT molecular complexity index is 583. The van der Waals surface area contributed by atoms with Crippen LogP contribution in [0.25, 0.3) is 0 Å². The van der Waals surface area contributed by atoms with Crippen LogP contribution >= 0.6 is 0 Å². The number of hydrogen-bond donors (Lipinski definition) is 0. The van der Waals surface area contributed by atoms with Gasteiger partial charge >= 0.3 is 0 Å². The summed E-state index contributed by atoms with van der Waals surface area (Å²) in [6.45, 7) is 1.96. The van der Waals surface area contributed by atoms with Crippen LogP contribution in [0.15, 0.2) is 36.5 Å². The van der Waals surface area contributed by atoms with Gasteiger partial charge in [-0.1, -0.05) is 12.1 Å². The van der Waals surface area contributed by atoms with Gasteiger partial charge in [0.1, 0.15) is 17.1 Å². The lowest BCUT2D eigenvalue weighted by atomic mass is 10.0. The van der Waals surface area contributed by atoms with Crippen molar-refractivity contribution in [1.29, 1.82) is 0 Å². The highest BCUT2D eigenvalue weighted by Crippen LogP contribution is 2.29. The maximum atomic E-state index is 12.5. The van der Waals surface area contributed by atoms with Crippen LogP contribution < -0.4 is 9.47 Å². The Kier molecular flexibility index (Phi) is 4.35. The van der Waals surface area contributed by atoms with E-state index in [9.17, 15) is 4.79 Å². The second-order valence-corrected chi connectivity index (χ2v) is 4.46. The van der Waals surface area contributed by atoms with Crippen LogP contribution in [0.2, 0.25) is 0 Å². The third-order valence-corrected chi connectivity index (χ3v) is 3.02. The number of pyridine rings is 1. The number of aryl methyl sites for hydroxylation is 1. The minimum Gasteiger partial charge on any atom is -0.496 e. The molecule has 104 valence electrons. The van der Waals surface area contributed by atoms with E-state index in [4.69, 9.17) is 9.47 Å². The maximum absolute atomic E-state index is 12.5. The lowest BCUT2D eigenvalue weighted by Gasteiger charge is -2.11. The van der Waals surface area contributed by atoms with Crippen LogP contribution in [-0.4, -0.2) is 25.0 Å². The summed E-state index contributed by atoms with van der Waals surface area (Å²) in [6, 6.07) is 9.08. The standard InChI is InChI=1S/C16H17NO3/c1-11-7-8-12(17-10-11)9-13(18)16-14(19-2)5-4-6-15(16)20-3/h4-8,10H,9H2,1-3H3. The zero-order valence-corrected chi connectivity index (χ0v) is 11.8. The molecule has 0 unspecified atom stereocenters. The molecule has 1 aromatic heterocycles. The van der Waals surface area contributed by atoms with Gasteiger partial charge in [0.2, 0.25) is 0 Å². The van der Waals surface area contributed by atoms with Gasteiger partial charge in [-0.05, 0) is 30.7 Å². The summed E-state index contributed by atoms with van der Waals surface area (Å²) in [5.74, 6) is 0.957. The van der Waals surface area contributed by atoms with Crippen molar-refractivity contribution in [3.8, 4) is 11.5 Å². The van der Waals surface area contributed by atoms with Crippen molar-refractivity contribution < 1.29 is 14.3 Å². The molecule has 0 saturated heterocycles. The number of ether oxygens (including phenoxy) is 2. The van der Waals surface area contributed by atoms with Crippen molar-refractivity contribution in [2.24, 2.45) is 0 Å². The first-order valence-electron chi connectivity index (χ1n) is 6.31. The van der Waals surface area contributed by atoms with E-state index >= 15 is 0 Å². The third kappa shape index (κ3) is 2.96. The Morgan fingerprint density at radius 2 is 1.75 bits per heavy atom. The van der Waals surface area contributed by atoms with Gasteiger partial charge in [0.25, 0.3) is 0 Å². The normalized spacial score (nSPS) is 10.2. The fourth-order valence-corrected chi connectivity index (χ4v) is 1.98. The largest absolute Gasteiger partial charge is 0.496 e. The van der Waals surface area contributed by atoms with Crippen molar-refractivity contribution in [2.75, 3.05) is 14.2 Å². The Hall–Kier alpha value is -2.36. The number of ketones is 1. The highest BCUT2D eigenvalue weighted by atomic mass is 16.5. The van der Waals surface area contributed by atoms with Gasteiger partial charge < -0.3 is 9.47 Å². The average Bonchev–Trinajstić information content (AvgIpc) is 2.48. The summed E-state index contributed by atoms with van der Waals surface area (Å²) in [7, 11) is 3.07. The van der Waals surface area contributed by atoms with Crippen LogP contribution in [0.3, 0.4) is 0 Å². The molecule has 0 bridgehead atoms. The summed E-state index contributed by atoms with van der Waals surface area (Å²) in [6.07, 6.45) is 1.97. The molecular formula is C16H17NO3. The summed E-state index contributed by atoms with van der Waals surface area (Å²) < 4.78 is 10.5. The zero-order chi connectivity index (χ0) is 14.5. The maximum Gasteiger partial charge on any atom is 0.176 e. The Morgan fingerprint density at radius 1 is 1.10 bits per heavy atom. The molecule has 0 radical (unpaired) electrons. The Morgan fingerprint density at radius 3 is 2.25 bits per heavy atom. The molecule has 0 aliphatic heterocycles. The molecule has 4 nitrogen and oxygen atoms in total. The van der Waals surface area contributed by atoms with E-state index in [2.05, 4.69) is 4.98 Å². The Labute approximate surface area is 118 Å². The molecule has 0 amide bonds. The smallest absolute Gasteiger partial charge is 0.176 e. The fraction of sp³-hybridized carbons (Fsp3) is 0.250. The van der Waals surface area contributed by atoms with Gasteiger partial charge in [0, 0.05) is 11.9 Å². The average molecular weight is 271 g/mol. The van der Waals surface area contributed by atoms with Gasteiger partial charge in [0.15, 0.2) is 5.78 Å². The molecule has 1 aromatic carbocycles. The minimum atomic E-state index is -0.0735. The van der Waals surface area contributed by atoms with Gasteiger partial charge in [-0.15, -0.1) is 0 Å². The highest BCUT2D eigenvalue weighted by Gasteiger charge is 2.18. The van der Waals surface area contributed by atoms with Crippen LogP contribution in [0.1, 0.15) is 21.6 Å². The second-order valence-electron chi connectivity index (χ2n) is 4.46. The third-order valence-electron chi connectivity index (χ3n) is 3.02. The number of nitrogens with zero attached hydrogens (tertiary/aromatic N) is 1. The van der Waals surface area contributed by atoms with Crippen molar-refractivity contribution >= 4 is 5.78 Å². The van der Waals surface area contributed by atoms with Crippen LogP contribution in [0.4, 0.5) is 0 Å². The first-order chi connectivity index (χ1) is 9.65. The Balaban J connectivity index is 2.31. The summed E-state index contributed by atoms with van der Waals surface area (Å²) in [4.78, 5) is 16.7. The van der Waals surface area contributed by atoms with E-state index in [-0.39, 0.29) is 12.2 Å². The molecule has 0 aliphatic carbocycles. The number of hydrogen-bond acceptors (Lipinski definition) is 4. The summed E-state index contributed by atoms with van der Waals surface area (Å²) in [5, 5.41) is 0. The second kappa shape index (κ2) is 6.19. The first kappa shape index (κ1) is 14.1. The molecule has 20 heavy (non-hydrogen) atoms. The lowest BCUT2D eigenvalue weighted by molar-refractivity contribution is 0.0986. The van der Waals surface area contributed by atoms with Crippen LogP contribution in [0.5, 0.6) is 11.5 Å². The van der Waals surface area contributed by atoms with E-state index in [1.165, 1.54) is 14.2 Å². The molecule has 1 heterocycles. The molecule has 0 saturated carbocycles. The molecule has 0 fully saturated rings. The van der Waals surface area contributed by atoms with Crippen LogP contribution in [0, 0.1) is 6.92 Å². The number of aromatic nitrogens is 1. The zero-order valence-electron chi connectivity index (χ0n) is 11.8.